The van der Waals surface area contributed by atoms with Crippen LogP contribution in [0.1, 0.15) is 10.5 Å². The Labute approximate surface area is 124 Å². The molecule has 3 N–H and O–H groups in total. The fourth-order valence-electron chi connectivity index (χ4n) is 1.47. The third-order valence-electron chi connectivity index (χ3n) is 2.36. The summed E-state index contributed by atoms with van der Waals surface area (Å²) < 4.78 is 6.52. The third-order valence-corrected chi connectivity index (χ3v) is 2.85. The molecule has 0 unspecified atom stereocenters. The predicted octanol–water partition coefficient (Wildman–Crippen LogP) is 1.83. The second-order valence-corrected chi connectivity index (χ2v) is 4.80. The molecule has 20 heavy (non-hydrogen) atoms. The van der Waals surface area contributed by atoms with E-state index in [2.05, 4.69) is 31.2 Å². The summed E-state index contributed by atoms with van der Waals surface area (Å²) in [5, 5.41) is 3.01. The lowest BCUT2D eigenvalue weighted by Gasteiger charge is -2.08. The van der Waals surface area contributed by atoms with Crippen LogP contribution in [0.4, 0.5) is 5.82 Å². The van der Waals surface area contributed by atoms with Gasteiger partial charge < -0.3 is 15.8 Å². The lowest BCUT2D eigenvalue weighted by Crippen LogP contribution is -2.16. The van der Waals surface area contributed by atoms with E-state index in [0.29, 0.717) is 19.0 Å². The van der Waals surface area contributed by atoms with Crippen LogP contribution in [0.25, 0.3) is 0 Å². The van der Waals surface area contributed by atoms with Gasteiger partial charge in [0, 0.05) is 4.47 Å². The molecule has 0 radical (unpaired) electrons. The summed E-state index contributed by atoms with van der Waals surface area (Å²) in [4.78, 5) is 18.9. The maximum atomic E-state index is 11.0. The number of rotatable bonds is 6. The van der Waals surface area contributed by atoms with Crippen molar-refractivity contribution in [2.24, 2.45) is 5.73 Å². The number of hydrogen-bond donors (Lipinski definition) is 2. The van der Waals surface area contributed by atoms with Crippen LogP contribution in [-0.2, 0) is 0 Å². The summed E-state index contributed by atoms with van der Waals surface area (Å²) in [7, 11) is 0. The minimum absolute atomic E-state index is 0.128. The number of nitrogens with zero attached hydrogens (tertiary/aromatic N) is 2. The molecule has 1 amide bonds. The van der Waals surface area contributed by atoms with E-state index in [1.807, 2.05) is 24.3 Å². The number of benzene rings is 1. The number of carbonyl (C=O) groups excluding carboxylic acids is 1. The number of ether oxygens (including phenoxy) is 1. The van der Waals surface area contributed by atoms with Gasteiger partial charge in [-0.15, -0.1) is 0 Å². The van der Waals surface area contributed by atoms with Crippen LogP contribution in [0.15, 0.2) is 41.1 Å². The fourth-order valence-corrected chi connectivity index (χ4v) is 1.85. The van der Waals surface area contributed by atoms with E-state index in [4.69, 9.17) is 10.5 Å². The van der Waals surface area contributed by atoms with Gasteiger partial charge in [0.25, 0.3) is 5.91 Å². The van der Waals surface area contributed by atoms with Crippen molar-refractivity contribution in [2.75, 3.05) is 18.5 Å². The van der Waals surface area contributed by atoms with E-state index in [1.165, 1.54) is 12.4 Å². The molecular formula is C13H13BrN4O2. The first-order valence-corrected chi connectivity index (χ1v) is 6.68. The molecule has 0 aliphatic rings. The normalized spacial score (nSPS) is 10.1. The van der Waals surface area contributed by atoms with Crippen molar-refractivity contribution in [2.45, 2.75) is 0 Å². The van der Waals surface area contributed by atoms with Gasteiger partial charge >= 0.3 is 0 Å². The first-order valence-electron chi connectivity index (χ1n) is 5.89. The average molecular weight is 337 g/mol. The van der Waals surface area contributed by atoms with Gasteiger partial charge in [0.2, 0.25) is 0 Å². The van der Waals surface area contributed by atoms with E-state index in [1.54, 1.807) is 0 Å². The highest BCUT2D eigenvalue weighted by Gasteiger charge is 2.03. The number of amides is 1. The molecule has 0 saturated heterocycles. The van der Waals surface area contributed by atoms with Gasteiger partial charge in [-0.2, -0.15) is 0 Å². The van der Waals surface area contributed by atoms with Crippen molar-refractivity contribution in [1.82, 2.24) is 9.97 Å². The number of anilines is 1. The summed E-state index contributed by atoms with van der Waals surface area (Å²) in [6, 6.07) is 7.58. The lowest BCUT2D eigenvalue weighted by molar-refractivity contribution is 0.0995. The van der Waals surface area contributed by atoms with Crippen LogP contribution in [0.2, 0.25) is 0 Å². The molecule has 104 valence electrons. The molecule has 0 aliphatic heterocycles. The minimum atomic E-state index is -0.605. The highest BCUT2D eigenvalue weighted by atomic mass is 79.9. The molecule has 7 heteroatoms. The molecule has 1 heterocycles. The van der Waals surface area contributed by atoms with Crippen molar-refractivity contribution in [1.29, 1.82) is 0 Å². The van der Waals surface area contributed by atoms with Crippen LogP contribution in [0.5, 0.6) is 5.75 Å². The Morgan fingerprint density at radius 2 is 2.25 bits per heavy atom. The molecule has 1 aromatic carbocycles. The van der Waals surface area contributed by atoms with Gasteiger partial charge in [0.15, 0.2) is 0 Å². The summed E-state index contributed by atoms with van der Waals surface area (Å²) in [5.74, 6) is 0.656. The van der Waals surface area contributed by atoms with Gasteiger partial charge in [-0.3, -0.25) is 9.78 Å². The second kappa shape index (κ2) is 6.85. The molecule has 0 atom stereocenters. The molecule has 0 spiro atoms. The number of primary amides is 1. The van der Waals surface area contributed by atoms with Crippen molar-refractivity contribution in [3.05, 3.63) is 46.8 Å². The Kier molecular flexibility index (Phi) is 4.89. The van der Waals surface area contributed by atoms with Crippen molar-refractivity contribution >= 4 is 27.7 Å². The molecule has 1 aromatic heterocycles. The minimum Gasteiger partial charge on any atom is -0.492 e. The zero-order chi connectivity index (χ0) is 14.4. The Morgan fingerprint density at radius 1 is 1.40 bits per heavy atom. The van der Waals surface area contributed by atoms with Gasteiger partial charge in [-0.25, -0.2) is 4.98 Å². The van der Waals surface area contributed by atoms with Gasteiger partial charge in [0.05, 0.1) is 18.9 Å². The number of halogens is 1. The zero-order valence-corrected chi connectivity index (χ0v) is 12.1. The smallest absolute Gasteiger partial charge is 0.268 e. The quantitative estimate of drug-likeness (QED) is 0.785. The fraction of sp³-hybridized carbons (Fsp3) is 0.154. The second-order valence-electron chi connectivity index (χ2n) is 3.89. The largest absolute Gasteiger partial charge is 0.492 e. The van der Waals surface area contributed by atoms with Crippen molar-refractivity contribution in [3.63, 3.8) is 0 Å². The molecule has 0 fully saturated rings. The third kappa shape index (κ3) is 4.20. The molecule has 6 nitrogen and oxygen atoms in total. The highest BCUT2D eigenvalue weighted by molar-refractivity contribution is 9.10. The first kappa shape index (κ1) is 14.3. The van der Waals surface area contributed by atoms with Crippen LogP contribution >= 0.6 is 15.9 Å². The SMILES string of the molecule is NC(=O)c1cncc(NCCOc2cccc(Br)c2)n1. The van der Waals surface area contributed by atoms with Crippen LogP contribution < -0.4 is 15.8 Å². The monoisotopic (exact) mass is 336 g/mol. The van der Waals surface area contributed by atoms with Crippen LogP contribution in [0.3, 0.4) is 0 Å². The molecule has 0 saturated carbocycles. The van der Waals surface area contributed by atoms with E-state index in [0.717, 1.165) is 10.2 Å². The van der Waals surface area contributed by atoms with Crippen molar-refractivity contribution in [3.8, 4) is 5.75 Å². The van der Waals surface area contributed by atoms with E-state index in [-0.39, 0.29) is 5.69 Å². The molecule has 0 aliphatic carbocycles. The van der Waals surface area contributed by atoms with Gasteiger partial charge in [0.1, 0.15) is 23.9 Å². The number of hydrogen-bond acceptors (Lipinski definition) is 5. The number of nitrogens with one attached hydrogen (secondary N) is 1. The Hall–Kier alpha value is -2.15. The van der Waals surface area contributed by atoms with E-state index >= 15 is 0 Å². The zero-order valence-electron chi connectivity index (χ0n) is 10.5. The summed E-state index contributed by atoms with van der Waals surface area (Å²) in [6.07, 6.45) is 2.84. The summed E-state index contributed by atoms with van der Waals surface area (Å²) >= 11 is 3.37. The maximum absolute atomic E-state index is 11.0. The number of aromatic nitrogens is 2. The van der Waals surface area contributed by atoms with Gasteiger partial charge in [-0.05, 0) is 18.2 Å². The van der Waals surface area contributed by atoms with Crippen LogP contribution in [-0.4, -0.2) is 29.0 Å². The molecule has 2 aromatic rings. The average Bonchev–Trinajstić information content (AvgIpc) is 2.44. The standard InChI is InChI=1S/C13H13BrN4O2/c14-9-2-1-3-10(6-9)20-5-4-17-12-8-16-7-11(18-12)13(15)19/h1-3,6-8H,4-5H2,(H2,15,19)(H,17,18). The summed E-state index contributed by atoms with van der Waals surface area (Å²) in [5.41, 5.74) is 5.26. The van der Waals surface area contributed by atoms with E-state index < -0.39 is 5.91 Å². The van der Waals surface area contributed by atoms with E-state index in [9.17, 15) is 4.79 Å². The first-order chi connectivity index (χ1) is 9.65. The highest BCUT2D eigenvalue weighted by Crippen LogP contribution is 2.17. The number of nitrogens with two attached hydrogens (primary N) is 1. The van der Waals surface area contributed by atoms with Gasteiger partial charge in [-0.1, -0.05) is 22.0 Å². The van der Waals surface area contributed by atoms with Crippen LogP contribution in [0, 0.1) is 0 Å². The Bertz CT molecular complexity index is 606. The van der Waals surface area contributed by atoms with Crippen molar-refractivity contribution < 1.29 is 9.53 Å². The Balaban J connectivity index is 1.81. The maximum Gasteiger partial charge on any atom is 0.268 e. The predicted molar refractivity (Wildman–Crippen MR) is 78.7 cm³/mol. The molecule has 2 rings (SSSR count). The Morgan fingerprint density at radius 3 is 3.00 bits per heavy atom. The molecule has 0 bridgehead atoms. The topological polar surface area (TPSA) is 90.1 Å². The number of carbonyl (C=O) groups is 1. The lowest BCUT2D eigenvalue weighted by atomic mass is 10.3. The molecular weight excluding hydrogens is 324 g/mol. The summed E-state index contributed by atoms with van der Waals surface area (Å²) in [6.45, 7) is 0.988.